The maximum absolute atomic E-state index is 14.6. The van der Waals surface area contributed by atoms with Crippen molar-refractivity contribution in [3.63, 3.8) is 0 Å². The zero-order valence-electron chi connectivity index (χ0n) is 17.0. The number of hydrogen-bond donors (Lipinski definition) is 1. The van der Waals surface area contributed by atoms with E-state index < -0.39 is 25.5 Å². The van der Waals surface area contributed by atoms with Gasteiger partial charge < -0.3 is 5.32 Å². The first kappa shape index (κ1) is 22.0. The molecule has 0 saturated carbocycles. The fourth-order valence-electron chi connectivity index (χ4n) is 3.55. The molecule has 0 aliphatic rings. The van der Waals surface area contributed by atoms with Crippen molar-refractivity contribution in [3.8, 4) is 0 Å². The first-order valence-corrected chi connectivity index (χ1v) is 11.4. The Morgan fingerprint density at radius 2 is 1.19 bits per heavy atom. The Bertz CT molecular complexity index is 1120. The van der Waals surface area contributed by atoms with Crippen LogP contribution in [0.15, 0.2) is 103 Å². The first-order valence-electron chi connectivity index (χ1n) is 10.0. The smallest absolute Gasteiger partial charge is 0.380 e. The van der Waals surface area contributed by atoms with E-state index in [9.17, 15) is 17.6 Å². The highest BCUT2D eigenvalue weighted by Gasteiger charge is 2.37. The Hall–Kier alpha value is -3.17. The molecule has 0 atom stereocenters. The summed E-state index contributed by atoms with van der Waals surface area (Å²) in [5.41, 5.74) is -0.246. The van der Waals surface area contributed by atoms with Crippen molar-refractivity contribution in [2.75, 3.05) is 5.32 Å². The summed E-state index contributed by atoms with van der Waals surface area (Å²) in [6.07, 6.45) is -4.70. The second-order valence-corrected chi connectivity index (χ2v) is 9.38. The molecule has 4 aromatic carbocycles. The van der Waals surface area contributed by atoms with Gasteiger partial charge in [-0.1, -0.05) is 91.0 Å². The molecular formula is C26H20F4NP. The molecule has 1 nitrogen and oxygen atoms in total. The summed E-state index contributed by atoms with van der Waals surface area (Å²) >= 11 is 0. The highest BCUT2D eigenvalue weighted by molar-refractivity contribution is 7.80. The van der Waals surface area contributed by atoms with Gasteiger partial charge in [0.05, 0.1) is 11.3 Å². The van der Waals surface area contributed by atoms with Gasteiger partial charge in [0, 0.05) is 11.8 Å². The van der Waals surface area contributed by atoms with E-state index in [-0.39, 0.29) is 12.2 Å². The summed E-state index contributed by atoms with van der Waals surface area (Å²) in [4.78, 5) is 0. The zero-order chi connectivity index (χ0) is 22.6. The van der Waals surface area contributed by atoms with Crippen LogP contribution in [0.3, 0.4) is 0 Å². The second kappa shape index (κ2) is 9.54. The maximum Gasteiger partial charge on any atom is 0.418 e. The van der Waals surface area contributed by atoms with Crippen molar-refractivity contribution in [1.29, 1.82) is 0 Å². The summed E-state index contributed by atoms with van der Waals surface area (Å²) in [6.45, 7) is 0.190. The average Bonchev–Trinajstić information content (AvgIpc) is 2.80. The molecule has 0 aliphatic heterocycles. The topological polar surface area (TPSA) is 12.0 Å². The Labute approximate surface area is 185 Å². The number of hydrogen-bond acceptors (Lipinski definition) is 1. The lowest BCUT2D eigenvalue weighted by atomic mass is 10.1. The molecule has 0 bridgehead atoms. The highest BCUT2D eigenvalue weighted by atomic mass is 31.1. The lowest BCUT2D eigenvalue weighted by molar-refractivity contribution is -0.137. The summed E-state index contributed by atoms with van der Waals surface area (Å²) in [6, 6.07) is 29.5. The van der Waals surface area contributed by atoms with Crippen LogP contribution in [-0.2, 0) is 12.7 Å². The molecule has 1 N–H and O–H groups in total. The fourth-order valence-corrected chi connectivity index (χ4v) is 6.02. The van der Waals surface area contributed by atoms with E-state index in [1.54, 1.807) is 0 Å². The Balaban J connectivity index is 1.91. The molecular weight excluding hydrogens is 433 g/mol. The van der Waals surface area contributed by atoms with Gasteiger partial charge in [-0.15, -0.1) is 0 Å². The van der Waals surface area contributed by atoms with Crippen LogP contribution >= 0.6 is 7.92 Å². The largest absolute Gasteiger partial charge is 0.418 e. The highest BCUT2D eigenvalue weighted by Crippen LogP contribution is 2.42. The third-order valence-corrected chi connectivity index (χ3v) is 7.43. The van der Waals surface area contributed by atoms with E-state index in [4.69, 9.17) is 0 Å². The summed E-state index contributed by atoms with van der Waals surface area (Å²) < 4.78 is 56.6. The van der Waals surface area contributed by atoms with Gasteiger partial charge in [0.1, 0.15) is 5.82 Å². The fraction of sp³-hybridized carbons (Fsp3) is 0.0769. The minimum atomic E-state index is -4.70. The van der Waals surface area contributed by atoms with Crippen molar-refractivity contribution in [3.05, 3.63) is 120 Å². The number of nitrogens with one attached hydrogen (secondary N) is 1. The van der Waals surface area contributed by atoms with E-state index in [1.165, 1.54) is 6.07 Å². The molecule has 6 heteroatoms. The Kier molecular flexibility index (Phi) is 6.57. The Morgan fingerprint density at radius 3 is 1.69 bits per heavy atom. The predicted octanol–water partition coefficient (Wildman–Crippen LogP) is 6.21. The van der Waals surface area contributed by atoms with Gasteiger partial charge in [0.25, 0.3) is 0 Å². The average molecular weight is 453 g/mol. The number of halogens is 4. The normalized spacial score (nSPS) is 11.5. The van der Waals surface area contributed by atoms with Crippen LogP contribution in [0.5, 0.6) is 0 Å². The first-order chi connectivity index (χ1) is 15.4. The molecule has 0 fully saturated rings. The van der Waals surface area contributed by atoms with E-state index in [0.29, 0.717) is 11.4 Å². The molecule has 0 heterocycles. The van der Waals surface area contributed by atoms with Gasteiger partial charge in [-0.2, -0.15) is 13.2 Å². The van der Waals surface area contributed by atoms with Gasteiger partial charge >= 0.3 is 6.18 Å². The molecule has 0 unspecified atom stereocenters. The summed E-state index contributed by atoms with van der Waals surface area (Å²) in [5, 5.41) is 4.97. The predicted molar refractivity (Wildman–Crippen MR) is 124 cm³/mol. The number of rotatable bonds is 6. The molecule has 0 aromatic heterocycles. The van der Waals surface area contributed by atoms with Crippen LogP contribution in [0.4, 0.5) is 23.2 Å². The lowest BCUT2D eigenvalue weighted by Crippen LogP contribution is -2.26. The third kappa shape index (κ3) is 5.00. The SMILES string of the molecule is Fc1cc(P(c2ccccc2)c2ccccc2)c(NCc2ccccc2)c(C(F)(F)F)c1. The van der Waals surface area contributed by atoms with Crippen molar-refractivity contribution >= 4 is 29.5 Å². The van der Waals surface area contributed by atoms with Crippen LogP contribution in [0.1, 0.15) is 11.1 Å². The van der Waals surface area contributed by atoms with Crippen LogP contribution in [0, 0.1) is 5.82 Å². The molecule has 0 saturated heterocycles. The molecule has 0 spiro atoms. The third-order valence-electron chi connectivity index (χ3n) is 4.97. The van der Waals surface area contributed by atoms with Crippen molar-refractivity contribution in [1.82, 2.24) is 0 Å². The standard InChI is InChI=1S/C26H20F4NP/c27-20-16-23(26(28,29)30)25(31-18-19-10-4-1-5-11-19)24(17-20)32(21-12-6-2-7-13-21)22-14-8-3-9-15-22/h1-17,31H,18H2. The second-order valence-electron chi connectivity index (χ2n) is 7.19. The zero-order valence-corrected chi connectivity index (χ0v) is 17.9. The molecule has 0 amide bonds. The molecule has 162 valence electrons. The number of anilines is 1. The minimum Gasteiger partial charge on any atom is -0.380 e. The maximum atomic E-state index is 14.6. The molecule has 32 heavy (non-hydrogen) atoms. The monoisotopic (exact) mass is 453 g/mol. The number of benzene rings is 4. The van der Waals surface area contributed by atoms with Crippen molar-refractivity contribution < 1.29 is 17.6 Å². The van der Waals surface area contributed by atoms with E-state index >= 15 is 0 Å². The van der Waals surface area contributed by atoms with Gasteiger partial charge in [0.2, 0.25) is 0 Å². The van der Waals surface area contributed by atoms with Crippen LogP contribution in [0.25, 0.3) is 0 Å². The van der Waals surface area contributed by atoms with Crippen LogP contribution in [-0.4, -0.2) is 0 Å². The summed E-state index contributed by atoms with van der Waals surface area (Å²) in [5.74, 6) is -0.906. The molecule has 0 radical (unpaired) electrons. The van der Waals surface area contributed by atoms with E-state index in [2.05, 4.69) is 5.32 Å². The van der Waals surface area contributed by atoms with Crippen LogP contribution in [0.2, 0.25) is 0 Å². The van der Waals surface area contributed by atoms with Crippen LogP contribution < -0.4 is 21.2 Å². The molecule has 4 rings (SSSR count). The van der Waals surface area contributed by atoms with Crippen molar-refractivity contribution in [2.45, 2.75) is 12.7 Å². The van der Waals surface area contributed by atoms with Gasteiger partial charge in [-0.3, -0.25) is 0 Å². The minimum absolute atomic E-state index is 0.0819. The molecule has 0 aliphatic carbocycles. The van der Waals surface area contributed by atoms with E-state index in [0.717, 1.165) is 16.2 Å². The molecule has 4 aromatic rings. The van der Waals surface area contributed by atoms with E-state index in [1.807, 2.05) is 91.0 Å². The van der Waals surface area contributed by atoms with Gasteiger partial charge in [-0.25, -0.2) is 4.39 Å². The Morgan fingerprint density at radius 1 is 0.688 bits per heavy atom. The lowest BCUT2D eigenvalue weighted by Gasteiger charge is -2.25. The summed E-state index contributed by atoms with van der Waals surface area (Å²) in [7, 11) is -1.43. The van der Waals surface area contributed by atoms with Gasteiger partial charge in [0.15, 0.2) is 0 Å². The number of alkyl halides is 3. The van der Waals surface area contributed by atoms with Gasteiger partial charge in [-0.05, 0) is 36.2 Å². The quantitative estimate of drug-likeness (QED) is 0.270. The van der Waals surface area contributed by atoms with Crippen molar-refractivity contribution in [2.24, 2.45) is 0 Å².